The minimum absolute atomic E-state index is 0.0302. The van der Waals surface area contributed by atoms with E-state index < -0.39 is 17.1 Å². The van der Waals surface area contributed by atoms with Crippen molar-refractivity contribution in [1.82, 2.24) is 9.88 Å². The molecule has 2 amide bonds. The Morgan fingerprint density at radius 1 is 0.700 bits per heavy atom. The van der Waals surface area contributed by atoms with Gasteiger partial charge >= 0.3 is 0 Å². The van der Waals surface area contributed by atoms with Crippen molar-refractivity contribution in [2.24, 2.45) is 0 Å². The van der Waals surface area contributed by atoms with Gasteiger partial charge in [0.2, 0.25) is 5.91 Å². The van der Waals surface area contributed by atoms with Crippen LogP contribution in [-0.2, 0) is 4.79 Å². The summed E-state index contributed by atoms with van der Waals surface area (Å²) >= 11 is 1.39. The number of thioether (sulfide) groups is 1. The van der Waals surface area contributed by atoms with Crippen LogP contribution in [0.2, 0.25) is 0 Å². The molecule has 0 aliphatic heterocycles. The number of carbonyl (C=O) groups excluding carboxylic acids is 3. The maximum absolute atomic E-state index is 13.9. The summed E-state index contributed by atoms with van der Waals surface area (Å²) in [5.41, 5.74) is 3.02. The monoisotopic (exact) mass is 685 g/mol. The van der Waals surface area contributed by atoms with Crippen LogP contribution in [0.5, 0.6) is 17.2 Å². The first kappa shape index (κ1) is 33.9. The van der Waals surface area contributed by atoms with E-state index in [2.05, 4.69) is 10.6 Å². The largest absolute Gasteiger partial charge is 0.496 e. The molecule has 0 bridgehead atoms. The molecule has 5 aromatic carbocycles. The summed E-state index contributed by atoms with van der Waals surface area (Å²) in [6.07, 6.45) is 1.52. The molecule has 2 N–H and O–H groups in total. The van der Waals surface area contributed by atoms with E-state index in [-0.39, 0.29) is 11.6 Å². The molecular formula is C40H35N3O6S. The Labute approximate surface area is 293 Å². The molecule has 252 valence electrons. The fourth-order valence-corrected chi connectivity index (χ4v) is 6.67. The highest BCUT2D eigenvalue weighted by Crippen LogP contribution is 2.36. The molecule has 10 heteroatoms. The average molecular weight is 686 g/mol. The number of ether oxygens (including phenoxy) is 3. The number of nitrogens with one attached hydrogen (secondary N) is 2. The number of para-hydroxylation sites is 2. The fourth-order valence-electron chi connectivity index (χ4n) is 5.71. The van der Waals surface area contributed by atoms with Crippen LogP contribution in [0.15, 0.2) is 126 Å². The van der Waals surface area contributed by atoms with Crippen molar-refractivity contribution < 1.29 is 28.6 Å². The lowest BCUT2D eigenvalue weighted by Gasteiger charge is -2.16. The Kier molecular flexibility index (Phi) is 10.2. The standard InChI is InChI=1S/C40H35N3O6S/c1-25(40(46)43-33-19-10-8-17-30(33)31-18-9-11-20-34(31)43)50-29-16-12-15-28(23-29)41-39(45)32(42-38(44)26-13-6-5-7-14-26)21-27-22-36(48-3)37(49-4)24-35(27)47-2/h5-25H,1-4H3,(H,41,45)(H,42,44)/b32-21+. The maximum atomic E-state index is 13.9. The van der Waals surface area contributed by atoms with Crippen molar-refractivity contribution in [2.75, 3.05) is 26.6 Å². The Morgan fingerprint density at radius 2 is 1.30 bits per heavy atom. The van der Waals surface area contributed by atoms with Crippen LogP contribution in [0.4, 0.5) is 5.69 Å². The number of hydrogen-bond acceptors (Lipinski definition) is 7. The highest BCUT2D eigenvalue weighted by atomic mass is 32.2. The summed E-state index contributed by atoms with van der Waals surface area (Å²) in [5, 5.41) is 7.26. The van der Waals surface area contributed by atoms with E-state index in [0.29, 0.717) is 34.1 Å². The second-order valence-corrected chi connectivity index (χ2v) is 12.7. The van der Waals surface area contributed by atoms with Gasteiger partial charge in [-0.25, -0.2) is 0 Å². The number of hydrogen-bond donors (Lipinski definition) is 2. The molecule has 50 heavy (non-hydrogen) atoms. The molecule has 0 radical (unpaired) electrons. The molecule has 0 spiro atoms. The molecule has 1 heterocycles. The molecule has 6 rings (SSSR count). The van der Waals surface area contributed by atoms with Gasteiger partial charge in [-0.2, -0.15) is 0 Å². The molecule has 0 aliphatic rings. The zero-order chi connectivity index (χ0) is 35.2. The van der Waals surface area contributed by atoms with Crippen LogP contribution < -0.4 is 24.8 Å². The SMILES string of the molecule is COc1cc(OC)c(OC)cc1/C=C(/NC(=O)c1ccccc1)C(=O)Nc1cccc(SC(C)C(=O)n2c3ccccc3c3ccccc32)c1. The first-order chi connectivity index (χ1) is 24.3. The molecule has 6 aromatic rings. The quantitative estimate of drug-likeness (QED) is 0.105. The lowest BCUT2D eigenvalue weighted by Crippen LogP contribution is -2.30. The zero-order valence-electron chi connectivity index (χ0n) is 27.9. The van der Waals surface area contributed by atoms with Gasteiger partial charge in [0.1, 0.15) is 11.4 Å². The zero-order valence-corrected chi connectivity index (χ0v) is 28.7. The first-order valence-corrected chi connectivity index (χ1v) is 16.7. The third-order valence-electron chi connectivity index (χ3n) is 8.12. The predicted octanol–water partition coefficient (Wildman–Crippen LogP) is 8.05. The van der Waals surface area contributed by atoms with E-state index in [4.69, 9.17) is 14.2 Å². The van der Waals surface area contributed by atoms with Crippen LogP contribution in [0.1, 0.15) is 27.6 Å². The van der Waals surface area contributed by atoms with Crippen molar-refractivity contribution >= 4 is 63.1 Å². The smallest absolute Gasteiger partial charge is 0.272 e. The molecular weight excluding hydrogens is 651 g/mol. The average Bonchev–Trinajstić information content (AvgIpc) is 3.48. The highest BCUT2D eigenvalue weighted by molar-refractivity contribution is 8.00. The van der Waals surface area contributed by atoms with Crippen LogP contribution in [0.3, 0.4) is 0 Å². The van der Waals surface area contributed by atoms with Crippen molar-refractivity contribution in [2.45, 2.75) is 17.1 Å². The second kappa shape index (κ2) is 15.0. The van der Waals surface area contributed by atoms with Gasteiger partial charge in [0, 0.05) is 38.5 Å². The van der Waals surface area contributed by atoms with Gasteiger partial charge in [0.25, 0.3) is 11.8 Å². The number of amides is 2. The van der Waals surface area contributed by atoms with Crippen LogP contribution in [0.25, 0.3) is 27.9 Å². The van der Waals surface area contributed by atoms with Crippen molar-refractivity contribution in [1.29, 1.82) is 0 Å². The first-order valence-electron chi connectivity index (χ1n) is 15.8. The Morgan fingerprint density at radius 3 is 1.94 bits per heavy atom. The summed E-state index contributed by atoms with van der Waals surface area (Å²) in [6, 6.07) is 34.9. The summed E-state index contributed by atoms with van der Waals surface area (Å²) in [7, 11) is 4.52. The minimum atomic E-state index is -0.567. The van der Waals surface area contributed by atoms with Gasteiger partial charge in [0.15, 0.2) is 11.5 Å². The van der Waals surface area contributed by atoms with Gasteiger partial charge in [0.05, 0.1) is 37.6 Å². The number of aromatic nitrogens is 1. The number of nitrogens with zero attached hydrogens (tertiary/aromatic N) is 1. The molecule has 1 unspecified atom stereocenters. The van der Waals surface area contributed by atoms with Gasteiger partial charge in [-0.1, -0.05) is 60.7 Å². The van der Waals surface area contributed by atoms with Crippen LogP contribution in [0, 0.1) is 0 Å². The van der Waals surface area contributed by atoms with E-state index in [9.17, 15) is 14.4 Å². The Hall–Kier alpha value is -6.00. The third kappa shape index (κ3) is 7.06. The van der Waals surface area contributed by atoms with E-state index >= 15 is 0 Å². The van der Waals surface area contributed by atoms with E-state index in [0.717, 1.165) is 26.7 Å². The van der Waals surface area contributed by atoms with E-state index in [1.54, 1.807) is 65.2 Å². The molecule has 0 fully saturated rings. The molecule has 1 aromatic heterocycles. The van der Waals surface area contributed by atoms with Crippen molar-refractivity contribution in [3.8, 4) is 17.2 Å². The van der Waals surface area contributed by atoms with Crippen LogP contribution >= 0.6 is 11.8 Å². The predicted molar refractivity (Wildman–Crippen MR) is 198 cm³/mol. The summed E-state index contributed by atoms with van der Waals surface area (Å²) in [4.78, 5) is 41.8. The number of benzene rings is 5. The third-order valence-corrected chi connectivity index (χ3v) is 9.20. The van der Waals surface area contributed by atoms with Crippen molar-refractivity contribution in [3.05, 3.63) is 132 Å². The number of anilines is 1. The number of carbonyl (C=O) groups is 3. The van der Waals surface area contributed by atoms with Gasteiger partial charge < -0.3 is 24.8 Å². The highest BCUT2D eigenvalue weighted by Gasteiger charge is 2.22. The van der Waals surface area contributed by atoms with Crippen LogP contribution in [-0.4, -0.2) is 48.9 Å². The number of methoxy groups -OCH3 is 3. The lowest BCUT2D eigenvalue weighted by atomic mass is 10.1. The van der Waals surface area contributed by atoms with E-state index in [1.807, 2.05) is 61.5 Å². The molecule has 0 aliphatic carbocycles. The van der Waals surface area contributed by atoms with E-state index in [1.165, 1.54) is 39.2 Å². The lowest BCUT2D eigenvalue weighted by molar-refractivity contribution is -0.113. The van der Waals surface area contributed by atoms with Crippen molar-refractivity contribution in [3.63, 3.8) is 0 Å². The fraction of sp³-hybridized carbons (Fsp3) is 0.125. The second-order valence-electron chi connectivity index (χ2n) is 11.3. The topological polar surface area (TPSA) is 108 Å². The molecule has 1 atom stereocenters. The number of fused-ring (bicyclic) bond motifs is 3. The summed E-state index contributed by atoms with van der Waals surface area (Å²) in [6.45, 7) is 1.87. The number of rotatable bonds is 11. The Bertz CT molecular complexity index is 2190. The molecule has 9 nitrogen and oxygen atoms in total. The Balaban J connectivity index is 1.27. The van der Waals surface area contributed by atoms with Gasteiger partial charge in [-0.05, 0) is 61.5 Å². The molecule has 0 saturated heterocycles. The summed E-state index contributed by atoms with van der Waals surface area (Å²) < 4.78 is 18.2. The maximum Gasteiger partial charge on any atom is 0.272 e. The normalized spacial score (nSPS) is 12.0. The minimum Gasteiger partial charge on any atom is -0.496 e. The summed E-state index contributed by atoms with van der Waals surface area (Å²) in [5.74, 6) is 0.182. The van der Waals surface area contributed by atoms with Gasteiger partial charge in [-0.15, -0.1) is 11.8 Å². The van der Waals surface area contributed by atoms with Gasteiger partial charge in [-0.3, -0.25) is 19.0 Å². The molecule has 0 saturated carbocycles.